The summed E-state index contributed by atoms with van der Waals surface area (Å²) < 4.78 is 0. The van der Waals surface area contributed by atoms with Crippen molar-refractivity contribution < 1.29 is 0 Å². The number of benzene rings is 7. The van der Waals surface area contributed by atoms with E-state index >= 15 is 0 Å². The van der Waals surface area contributed by atoms with Crippen LogP contribution in [-0.4, -0.2) is 15.0 Å². The van der Waals surface area contributed by atoms with Gasteiger partial charge in [-0.25, -0.2) is 4.98 Å². The lowest BCUT2D eigenvalue weighted by molar-refractivity contribution is 1.28. The molecule has 4 heteroatoms. The van der Waals surface area contributed by atoms with Crippen molar-refractivity contribution in [3.05, 3.63) is 207 Å². The topological polar surface area (TPSA) is 41.9 Å². The Hall–Kier alpha value is -7.43. The quantitative estimate of drug-likeness (QED) is 0.166. The van der Waals surface area contributed by atoms with E-state index in [9.17, 15) is 0 Å². The van der Waals surface area contributed by atoms with Gasteiger partial charge in [0.25, 0.3) is 0 Å². The molecule has 0 bridgehead atoms. The van der Waals surface area contributed by atoms with Crippen molar-refractivity contribution in [2.75, 3.05) is 4.90 Å². The Morgan fingerprint density at radius 3 is 1.60 bits per heavy atom. The van der Waals surface area contributed by atoms with Gasteiger partial charge in [-0.3, -0.25) is 9.97 Å². The summed E-state index contributed by atoms with van der Waals surface area (Å²) in [4.78, 5) is 16.8. The molecule has 0 aliphatic carbocycles. The molecular formula is C51H34N4. The third-order valence-corrected chi connectivity index (χ3v) is 10.3. The van der Waals surface area contributed by atoms with E-state index in [2.05, 4.69) is 175 Å². The van der Waals surface area contributed by atoms with Gasteiger partial charge in [0.15, 0.2) is 0 Å². The smallest absolute Gasteiger partial charge is 0.0965 e. The molecule has 0 saturated heterocycles. The second kappa shape index (κ2) is 13.8. The monoisotopic (exact) mass is 702 g/mol. The summed E-state index contributed by atoms with van der Waals surface area (Å²) in [6.45, 7) is 0. The van der Waals surface area contributed by atoms with Crippen LogP contribution in [0.25, 0.3) is 77.3 Å². The minimum absolute atomic E-state index is 0.872. The minimum Gasteiger partial charge on any atom is -0.311 e. The molecule has 258 valence electrons. The summed E-state index contributed by atoms with van der Waals surface area (Å²) in [5.41, 5.74) is 13.5. The predicted octanol–water partition coefficient (Wildman–Crippen LogP) is 13.5. The molecule has 0 saturated carbocycles. The first-order valence-electron chi connectivity index (χ1n) is 18.5. The summed E-state index contributed by atoms with van der Waals surface area (Å²) in [6.07, 6.45) is 3.78. The highest BCUT2D eigenvalue weighted by Gasteiger charge is 2.16. The van der Waals surface area contributed by atoms with Gasteiger partial charge in [-0.05, 0) is 99.6 Å². The Kier molecular flexibility index (Phi) is 8.12. The third kappa shape index (κ3) is 6.26. The van der Waals surface area contributed by atoms with Crippen molar-refractivity contribution in [2.45, 2.75) is 0 Å². The van der Waals surface area contributed by atoms with E-state index in [0.29, 0.717) is 0 Å². The minimum atomic E-state index is 0.872. The average Bonchev–Trinajstić information content (AvgIpc) is 3.27. The third-order valence-electron chi connectivity index (χ3n) is 10.3. The predicted molar refractivity (Wildman–Crippen MR) is 229 cm³/mol. The van der Waals surface area contributed by atoms with Gasteiger partial charge in [0, 0.05) is 51.5 Å². The first kappa shape index (κ1) is 32.2. The van der Waals surface area contributed by atoms with Crippen LogP contribution in [0.1, 0.15) is 0 Å². The van der Waals surface area contributed by atoms with E-state index < -0.39 is 0 Å². The first-order chi connectivity index (χ1) is 27.2. The van der Waals surface area contributed by atoms with Gasteiger partial charge in [0.1, 0.15) is 0 Å². The molecule has 10 rings (SSSR count). The molecule has 0 unspecified atom stereocenters. The normalized spacial score (nSPS) is 11.3. The highest BCUT2D eigenvalue weighted by atomic mass is 15.1. The molecule has 0 N–H and O–H groups in total. The van der Waals surface area contributed by atoms with Gasteiger partial charge >= 0.3 is 0 Å². The molecule has 7 aromatic carbocycles. The highest BCUT2D eigenvalue weighted by molar-refractivity contribution is 5.94. The summed E-state index contributed by atoms with van der Waals surface area (Å²) in [7, 11) is 0. The van der Waals surface area contributed by atoms with Crippen LogP contribution in [0, 0.1) is 0 Å². The van der Waals surface area contributed by atoms with Gasteiger partial charge in [0.05, 0.1) is 22.4 Å². The second-order valence-electron chi connectivity index (χ2n) is 13.7. The Balaban J connectivity index is 1.03. The summed E-state index contributed by atoms with van der Waals surface area (Å²) >= 11 is 0. The lowest BCUT2D eigenvalue weighted by Crippen LogP contribution is -2.09. The number of rotatable bonds is 7. The van der Waals surface area contributed by atoms with E-state index in [1.807, 2.05) is 36.7 Å². The Bertz CT molecular complexity index is 2830. The zero-order valence-corrected chi connectivity index (χ0v) is 29.9. The molecule has 10 aromatic rings. The van der Waals surface area contributed by atoms with Crippen LogP contribution in [0.5, 0.6) is 0 Å². The van der Waals surface area contributed by atoms with Gasteiger partial charge < -0.3 is 4.90 Å². The zero-order valence-electron chi connectivity index (χ0n) is 29.9. The molecule has 0 radical (unpaired) electrons. The van der Waals surface area contributed by atoms with E-state index in [1.165, 1.54) is 27.3 Å². The van der Waals surface area contributed by atoms with Gasteiger partial charge in [0.2, 0.25) is 0 Å². The standard InChI is InChI=1S/C51H34N4/c1-2-10-37(11-3-1)47-33-50(54-48-15-8-30-52-51(47)48)39-22-28-46(29-23-39)55(44-24-18-36(19-25-44)42-17-16-35-9-4-5-12-40(35)31-42)45-26-20-38(21-27-45)49-32-41-13-6-7-14-43(41)34-53-49/h1-34H. The van der Waals surface area contributed by atoms with Crippen molar-refractivity contribution in [3.63, 3.8) is 0 Å². The number of anilines is 3. The van der Waals surface area contributed by atoms with Gasteiger partial charge in [-0.2, -0.15) is 0 Å². The maximum absolute atomic E-state index is 5.06. The molecule has 55 heavy (non-hydrogen) atoms. The lowest BCUT2D eigenvalue weighted by Gasteiger charge is -2.26. The SMILES string of the molecule is c1ccc(-c2cc(-c3ccc(N(c4ccc(-c5ccc6ccccc6c5)cc4)c4ccc(-c5cc6ccccc6cn5)cc4)cc3)nc3cccnc23)cc1. The van der Waals surface area contributed by atoms with E-state index in [-0.39, 0.29) is 0 Å². The van der Waals surface area contributed by atoms with Crippen molar-refractivity contribution in [1.29, 1.82) is 0 Å². The summed E-state index contributed by atoms with van der Waals surface area (Å²) in [5.74, 6) is 0. The molecular weight excluding hydrogens is 669 g/mol. The van der Waals surface area contributed by atoms with Crippen LogP contribution in [0.4, 0.5) is 17.1 Å². The summed E-state index contributed by atoms with van der Waals surface area (Å²) in [5, 5.41) is 4.79. The second-order valence-corrected chi connectivity index (χ2v) is 13.7. The number of nitrogens with zero attached hydrogens (tertiary/aromatic N) is 4. The average molecular weight is 703 g/mol. The number of hydrogen-bond donors (Lipinski definition) is 0. The molecule has 0 fully saturated rings. The molecule has 4 nitrogen and oxygen atoms in total. The molecule has 0 aliphatic rings. The van der Waals surface area contributed by atoms with E-state index in [1.54, 1.807) is 0 Å². The van der Waals surface area contributed by atoms with Crippen LogP contribution in [0.3, 0.4) is 0 Å². The van der Waals surface area contributed by atoms with Crippen LogP contribution >= 0.6 is 0 Å². The number of aromatic nitrogens is 3. The van der Waals surface area contributed by atoms with Gasteiger partial charge in [-0.1, -0.05) is 127 Å². The van der Waals surface area contributed by atoms with Crippen LogP contribution in [0.15, 0.2) is 207 Å². The lowest BCUT2D eigenvalue weighted by atomic mass is 10.00. The molecule has 3 heterocycles. The maximum atomic E-state index is 5.06. The largest absolute Gasteiger partial charge is 0.311 e. The first-order valence-corrected chi connectivity index (χ1v) is 18.5. The Morgan fingerprint density at radius 1 is 0.345 bits per heavy atom. The number of pyridine rings is 3. The Labute approximate surface area is 319 Å². The fourth-order valence-electron chi connectivity index (χ4n) is 7.47. The molecule has 3 aromatic heterocycles. The molecule has 0 aliphatic heterocycles. The fraction of sp³-hybridized carbons (Fsp3) is 0. The Morgan fingerprint density at radius 2 is 0.909 bits per heavy atom. The van der Waals surface area contributed by atoms with Crippen molar-refractivity contribution in [1.82, 2.24) is 15.0 Å². The van der Waals surface area contributed by atoms with Crippen LogP contribution in [0.2, 0.25) is 0 Å². The fourth-order valence-corrected chi connectivity index (χ4v) is 7.47. The van der Waals surface area contributed by atoms with E-state index in [4.69, 9.17) is 15.0 Å². The number of fused-ring (bicyclic) bond motifs is 3. The van der Waals surface area contributed by atoms with Gasteiger partial charge in [-0.15, -0.1) is 0 Å². The highest BCUT2D eigenvalue weighted by Crippen LogP contribution is 2.39. The zero-order chi connectivity index (χ0) is 36.6. The molecule has 0 spiro atoms. The van der Waals surface area contributed by atoms with E-state index in [0.717, 1.165) is 67.1 Å². The van der Waals surface area contributed by atoms with Crippen LogP contribution < -0.4 is 4.90 Å². The number of hydrogen-bond acceptors (Lipinski definition) is 4. The van der Waals surface area contributed by atoms with Crippen LogP contribution in [-0.2, 0) is 0 Å². The van der Waals surface area contributed by atoms with Crippen molar-refractivity contribution in [3.8, 4) is 44.8 Å². The van der Waals surface area contributed by atoms with Crippen molar-refractivity contribution >= 4 is 49.6 Å². The molecule has 0 atom stereocenters. The summed E-state index contributed by atoms with van der Waals surface area (Å²) in [6, 6.07) is 68.5. The molecule has 0 amide bonds. The maximum Gasteiger partial charge on any atom is 0.0965 e. The van der Waals surface area contributed by atoms with Crippen molar-refractivity contribution in [2.24, 2.45) is 0 Å².